The smallest absolute Gasteiger partial charge is 0.337 e. The molecule has 3 rings (SSSR count). The minimum atomic E-state index is -0.781. The van der Waals surface area contributed by atoms with E-state index >= 15 is 0 Å². The molecule has 0 aliphatic carbocycles. The normalized spacial score (nSPS) is 10.0. The van der Waals surface area contributed by atoms with Gasteiger partial charge in [0.2, 0.25) is 0 Å². The van der Waals surface area contributed by atoms with Crippen LogP contribution in [0.1, 0.15) is 21.5 Å². The number of aromatic hydroxyl groups is 1. The van der Waals surface area contributed by atoms with Crippen LogP contribution in [0.25, 0.3) is 11.1 Å². The molecule has 27 heavy (non-hydrogen) atoms. The number of esters is 1. The Morgan fingerprint density at radius 1 is 0.889 bits per heavy atom. The van der Waals surface area contributed by atoms with Crippen molar-refractivity contribution >= 4 is 5.97 Å². The average molecular weight is 364 g/mol. The summed E-state index contributed by atoms with van der Waals surface area (Å²) in [5.74, 6) is 3.20. The molecule has 0 bridgehead atoms. The maximum Gasteiger partial charge on any atom is 0.337 e. The summed E-state index contributed by atoms with van der Waals surface area (Å²) in [4.78, 5) is 11.4. The van der Waals surface area contributed by atoms with Gasteiger partial charge in [-0.1, -0.05) is 24.0 Å². The first-order chi connectivity index (χ1) is 13.0. The number of phenolic OH excluding ortho intramolecular Hbond substituents is 1. The van der Waals surface area contributed by atoms with Gasteiger partial charge in [-0.15, -0.1) is 0 Å². The Bertz CT molecular complexity index is 1020. The lowest BCUT2D eigenvalue weighted by molar-refractivity contribution is 0.0600. The number of ether oxygens (including phenoxy) is 1. The first-order valence-electron chi connectivity index (χ1n) is 7.97. The number of hydrogen-bond donors (Lipinski definition) is 1. The van der Waals surface area contributed by atoms with Crippen LogP contribution in [0.3, 0.4) is 0 Å². The van der Waals surface area contributed by atoms with E-state index in [0.29, 0.717) is 22.3 Å². The number of hydrogen-bond acceptors (Lipinski definition) is 3. The van der Waals surface area contributed by atoms with E-state index in [1.807, 2.05) is 0 Å². The van der Waals surface area contributed by atoms with E-state index in [1.54, 1.807) is 24.3 Å². The van der Waals surface area contributed by atoms with Crippen molar-refractivity contribution in [1.29, 1.82) is 0 Å². The summed E-state index contributed by atoms with van der Waals surface area (Å²) in [7, 11) is 1.28. The molecule has 0 aliphatic heterocycles. The molecule has 0 radical (unpaired) electrons. The van der Waals surface area contributed by atoms with E-state index in [4.69, 9.17) is 0 Å². The van der Waals surface area contributed by atoms with Crippen LogP contribution >= 0.6 is 0 Å². The van der Waals surface area contributed by atoms with Crippen LogP contribution in [0.4, 0.5) is 8.78 Å². The molecule has 0 amide bonds. The summed E-state index contributed by atoms with van der Waals surface area (Å²) >= 11 is 0. The van der Waals surface area contributed by atoms with Gasteiger partial charge < -0.3 is 9.84 Å². The van der Waals surface area contributed by atoms with Gasteiger partial charge in [0.15, 0.2) is 0 Å². The largest absolute Gasteiger partial charge is 0.508 e. The number of benzene rings is 3. The Kier molecular flexibility index (Phi) is 5.18. The van der Waals surface area contributed by atoms with Crippen molar-refractivity contribution in [2.75, 3.05) is 7.11 Å². The predicted octanol–water partition coefficient (Wildman–Crippen LogP) is 4.52. The molecule has 0 unspecified atom stereocenters. The number of phenols is 1. The number of rotatable bonds is 2. The first-order valence-corrected chi connectivity index (χ1v) is 7.97. The van der Waals surface area contributed by atoms with Gasteiger partial charge in [-0.3, -0.25) is 0 Å². The van der Waals surface area contributed by atoms with Crippen LogP contribution in [-0.4, -0.2) is 18.2 Å². The van der Waals surface area contributed by atoms with Crippen molar-refractivity contribution in [1.82, 2.24) is 0 Å². The van der Waals surface area contributed by atoms with Gasteiger partial charge in [0.1, 0.15) is 17.4 Å². The molecule has 0 aliphatic rings. The SMILES string of the molecule is COC(=O)c1ccc(C#Cc2c(F)cc(-c3ccc(O)cc3)cc2F)cc1. The van der Waals surface area contributed by atoms with Gasteiger partial charge in [-0.2, -0.15) is 0 Å². The molecule has 3 aromatic rings. The Morgan fingerprint density at radius 2 is 1.48 bits per heavy atom. The Labute approximate surface area is 154 Å². The van der Waals surface area contributed by atoms with Gasteiger partial charge in [0.25, 0.3) is 0 Å². The highest BCUT2D eigenvalue weighted by atomic mass is 19.1. The molecule has 1 N–H and O–H groups in total. The highest BCUT2D eigenvalue weighted by Gasteiger charge is 2.11. The summed E-state index contributed by atoms with van der Waals surface area (Å²) in [6.45, 7) is 0. The van der Waals surface area contributed by atoms with Crippen LogP contribution in [0.15, 0.2) is 60.7 Å². The van der Waals surface area contributed by atoms with E-state index in [1.165, 1.54) is 43.5 Å². The summed E-state index contributed by atoms with van der Waals surface area (Å²) in [5, 5.41) is 9.30. The molecule has 0 saturated heterocycles. The second-order valence-corrected chi connectivity index (χ2v) is 5.68. The molecule has 5 heteroatoms. The lowest BCUT2D eigenvalue weighted by Crippen LogP contribution is -2.00. The van der Waals surface area contributed by atoms with Crippen molar-refractivity contribution in [2.45, 2.75) is 0 Å². The molecular formula is C22H14F2O3. The van der Waals surface area contributed by atoms with Gasteiger partial charge >= 0.3 is 5.97 Å². The van der Waals surface area contributed by atoms with Gasteiger partial charge in [-0.05, 0) is 59.7 Å². The molecule has 0 aromatic heterocycles. The average Bonchev–Trinajstić information content (AvgIpc) is 2.67. The summed E-state index contributed by atoms with van der Waals surface area (Å²) in [6.07, 6.45) is 0. The molecule has 3 nitrogen and oxygen atoms in total. The molecule has 0 spiro atoms. The van der Waals surface area contributed by atoms with Crippen molar-refractivity contribution in [3.05, 3.63) is 89.0 Å². The first kappa shape index (κ1) is 18.2. The number of halogens is 2. The maximum atomic E-state index is 14.3. The monoisotopic (exact) mass is 364 g/mol. The van der Waals surface area contributed by atoms with E-state index in [2.05, 4.69) is 16.6 Å². The van der Waals surface area contributed by atoms with Gasteiger partial charge in [-0.25, -0.2) is 13.6 Å². The van der Waals surface area contributed by atoms with Crippen molar-refractivity contribution < 1.29 is 23.4 Å². The lowest BCUT2D eigenvalue weighted by atomic mass is 10.0. The molecule has 0 atom stereocenters. The van der Waals surface area contributed by atoms with E-state index in [9.17, 15) is 18.7 Å². The highest BCUT2D eigenvalue weighted by Crippen LogP contribution is 2.25. The zero-order valence-corrected chi connectivity index (χ0v) is 14.3. The maximum absolute atomic E-state index is 14.3. The molecule has 0 heterocycles. The summed E-state index contributed by atoms with van der Waals surface area (Å²) < 4.78 is 33.3. The minimum absolute atomic E-state index is 0.0698. The Hall–Kier alpha value is -3.65. The van der Waals surface area contributed by atoms with Gasteiger partial charge in [0.05, 0.1) is 18.2 Å². The Balaban J connectivity index is 1.89. The molecule has 0 fully saturated rings. The van der Waals surface area contributed by atoms with Crippen LogP contribution < -0.4 is 0 Å². The fourth-order valence-corrected chi connectivity index (χ4v) is 2.46. The minimum Gasteiger partial charge on any atom is -0.508 e. The lowest BCUT2D eigenvalue weighted by Gasteiger charge is -2.05. The number of carbonyl (C=O) groups excluding carboxylic acids is 1. The molecule has 0 saturated carbocycles. The fourth-order valence-electron chi connectivity index (χ4n) is 2.46. The van der Waals surface area contributed by atoms with Crippen LogP contribution in [-0.2, 0) is 4.74 Å². The molecular weight excluding hydrogens is 350 g/mol. The Morgan fingerprint density at radius 3 is 2.04 bits per heavy atom. The number of methoxy groups -OCH3 is 1. The van der Waals surface area contributed by atoms with Crippen molar-refractivity contribution in [3.63, 3.8) is 0 Å². The van der Waals surface area contributed by atoms with E-state index in [-0.39, 0.29) is 11.3 Å². The van der Waals surface area contributed by atoms with Crippen LogP contribution in [0.2, 0.25) is 0 Å². The fraction of sp³-hybridized carbons (Fsp3) is 0.0455. The quantitative estimate of drug-likeness (QED) is 0.537. The zero-order chi connectivity index (χ0) is 19.4. The highest BCUT2D eigenvalue weighted by molar-refractivity contribution is 5.89. The molecule has 134 valence electrons. The van der Waals surface area contributed by atoms with Crippen LogP contribution in [0.5, 0.6) is 5.75 Å². The van der Waals surface area contributed by atoms with Crippen molar-refractivity contribution in [3.8, 4) is 28.7 Å². The standard InChI is InChI=1S/C22H14F2O3/c1-27-22(26)16-5-2-14(3-6-16)4-11-19-20(23)12-17(13-21(19)24)15-7-9-18(25)10-8-15/h2-3,5-10,12-13,25H,1H3. The van der Waals surface area contributed by atoms with E-state index < -0.39 is 17.6 Å². The third-order valence-corrected chi connectivity index (χ3v) is 3.88. The second kappa shape index (κ2) is 7.71. The number of carbonyl (C=O) groups is 1. The van der Waals surface area contributed by atoms with Crippen molar-refractivity contribution in [2.24, 2.45) is 0 Å². The second-order valence-electron chi connectivity index (χ2n) is 5.68. The molecule has 3 aromatic carbocycles. The van der Waals surface area contributed by atoms with Crippen LogP contribution in [0, 0.1) is 23.5 Å². The third-order valence-electron chi connectivity index (χ3n) is 3.88. The topological polar surface area (TPSA) is 46.5 Å². The summed E-state index contributed by atoms with van der Waals surface area (Å²) in [5.41, 5.74) is 1.44. The third kappa shape index (κ3) is 4.13. The van der Waals surface area contributed by atoms with E-state index in [0.717, 1.165) is 0 Å². The summed E-state index contributed by atoms with van der Waals surface area (Å²) in [6, 6.07) is 14.6. The zero-order valence-electron chi connectivity index (χ0n) is 14.3. The predicted molar refractivity (Wildman–Crippen MR) is 97.2 cm³/mol. The van der Waals surface area contributed by atoms with Gasteiger partial charge in [0, 0.05) is 5.56 Å².